The van der Waals surface area contributed by atoms with Crippen molar-refractivity contribution in [3.8, 4) is 28.6 Å². The van der Waals surface area contributed by atoms with Crippen molar-refractivity contribution in [1.29, 1.82) is 0 Å². The molecular formula is C17H14ClN3O2. The van der Waals surface area contributed by atoms with Gasteiger partial charge >= 0.3 is 0 Å². The van der Waals surface area contributed by atoms with Crippen molar-refractivity contribution in [1.82, 2.24) is 10.1 Å². The number of fused-ring (bicyclic) bond motifs is 1. The highest BCUT2D eigenvalue weighted by atomic mass is 35.5. The highest BCUT2D eigenvalue weighted by Crippen LogP contribution is 2.36. The molecule has 0 unspecified atom stereocenters. The van der Waals surface area contributed by atoms with Gasteiger partial charge in [-0.1, -0.05) is 35.0 Å². The molecule has 0 amide bonds. The largest absolute Gasteiger partial charge is 0.506 e. The molecule has 5 nitrogen and oxygen atoms in total. The topological polar surface area (TPSA) is 85.2 Å². The predicted octanol–water partition coefficient (Wildman–Crippen LogP) is 3.71. The van der Waals surface area contributed by atoms with Crippen LogP contribution in [0.1, 0.15) is 23.6 Å². The van der Waals surface area contributed by atoms with E-state index in [9.17, 15) is 5.11 Å². The van der Waals surface area contributed by atoms with Gasteiger partial charge in [0, 0.05) is 17.2 Å². The first-order chi connectivity index (χ1) is 11.1. The summed E-state index contributed by atoms with van der Waals surface area (Å²) in [5.74, 6) is 0.918. The minimum atomic E-state index is 0.0185. The summed E-state index contributed by atoms with van der Waals surface area (Å²) in [6.07, 6.45) is 1.85. The number of nitrogens with two attached hydrogens (primary N) is 1. The third kappa shape index (κ3) is 2.38. The third-order valence-electron chi connectivity index (χ3n) is 4.18. The van der Waals surface area contributed by atoms with Gasteiger partial charge in [0.15, 0.2) is 0 Å². The van der Waals surface area contributed by atoms with Crippen molar-refractivity contribution in [3.05, 3.63) is 52.5 Å². The Labute approximate surface area is 137 Å². The molecule has 0 fully saturated rings. The van der Waals surface area contributed by atoms with Crippen LogP contribution in [-0.4, -0.2) is 15.2 Å². The summed E-state index contributed by atoms with van der Waals surface area (Å²) in [6.45, 7) is 0. The molecular weight excluding hydrogens is 314 g/mol. The lowest BCUT2D eigenvalue weighted by Gasteiger charge is -2.06. The zero-order valence-corrected chi connectivity index (χ0v) is 12.9. The second-order valence-corrected chi connectivity index (χ2v) is 6.02. The Morgan fingerprint density at radius 3 is 2.96 bits per heavy atom. The average Bonchev–Trinajstić information content (AvgIpc) is 3.18. The van der Waals surface area contributed by atoms with Crippen LogP contribution in [0, 0.1) is 0 Å². The van der Waals surface area contributed by atoms with Crippen LogP contribution in [0.15, 0.2) is 40.9 Å². The smallest absolute Gasteiger partial charge is 0.258 e. The lowest BCUT2D eigenvalue weighted by Crippen LogP contribution is -2.04. The van der Waals surface area contributed by atoms with Gasteiger partial charge in [-0.2, -0.15) is 4.98 Å². The molecule has 0 saturated carbocycles. The SMILES string of the molecule is N[C@H]1CCc2c(-c3noc(-c4ccc(O)c(Cl)c4)n3)cccc21. The van der Waals surface area contributed by atoms with E-state index in [1.807, 2.05) is 12.1 Å². The normalized spacial score (nSPS) is 16.5. The molecule has 1 heterocycles. The molecule has 0 radical (unpaired) electrons. The first kappa shape index (κ1) is 14.2. The zero-order valence-electron chi connectivity index (χ0n) is 12.2. The van der Waals surface area contributed by atoms with Gasteiger partial charge in [0.25, 0.3) is 5.89 Å². The number of phenols is 1. The molecule has 0 saturated heterocycles. The first-order valence-corrected chi connectivity index (χ1v) is 7.71. The van der Waals surface area contributed by atoms with Crippen LogP contribution in [0.2, 0.25) is 5.02 Å². The number of benzene rings is 2. The fourth-order valence-electron chi connectivity index (χ4n) is 2.99. The Kier molecular flexibility index (Phi) is 3.32. The van der Waals surface area contributed by atoms with Crippen LogP contribution in [-0.2, 0) is 6.42 Å². The Morgan fingerprint density at radius 2 is 2.13 bits per heavy atom. The maximum absolute atomic E-state index is 9.49. The molecule has 6 heteroatoms. The van der Waals surface area contributed by atoms with Gasteiger partial charge in [-0.05, 0) is 42.2 Å². The van der Waals surface area contributed by atoms with Crippen LogP contribution in [0.4, 0.5) is 0 Å². The van der Waals surface area contributed by atoms with Crippen LogP contribution in [0.25, 0.3) is 22.8 Å². The minimum Gasteiger partial charge on any atom is -0.506 e. The predicted molar refractivity (Wildman–Crippen MR) is 87.1 cm³/mol. The van der Waals surface area contributed by atoms with Gasteiger partial charge in [-0.25, -0.2) is 0 Å². The van der Waals surface area contributed by atoms with Gasteiger partial charge in [-0.15, -0.1) is 0 Å². The number of phenolic OH excluding ortho intramolecular Hbond substituents is 1. The lowest BCUT2D eigenvalue weighted by molar-refractivity contribution is 0.432. The second-order valence-electron chi connectivity index (χ2n) is 5.61. The molecule has 1 aromatic heterocycles. The van der Waals surface area contributed by atoms with Gasteiger partial charge in [-0.3, -0.25) is 0 Å². The van der Waals surface area contributed by atoms with E-state index in [0.717, 1.165) is 24.0 Å². The van der Waals surface area contributed by atoms with Gasteiger partial charge in [0.05, 0.1) is 5.02 Å². The zero-order chi connectivity index (χ0) is 16.0. The number of hydrogen-bond acceptors (Lipinski definition) is 5. The van der Waals surface area contributed by atoms with E-state index < -0.39 is 0 Å². The van der Waals surface area contributed by atoms with Gasteiger partial charge in [0.2, 0.25) is 5.82 Å². The van der Waals surface area contributed by atoms with Crippen molar-refractivity contribution in [2.24, 2.45) is 5.73 Å². The fourth-order valence-corrected chi connectivity index (χ4v) is 3.17. The summed E-state index contributed by atoms with van der Waals surface area (Å²) < 4.78 is 5.35. The summed E-state index contributed by atoms with van der Waals surface area (Å²) in [7, 11) is 0. The van der Waals surface area contributed by atoms with Crippen LogP contribution in [0.5, 0.6) is 5.75 Å². The van der Waals surface area contributed by atoms with Crippen LogP contribution in [0.3, 0.4) is 0 Å². The minimum absolute atomic E-state index is 0.0185. The van der Waals surface area contributed by atoms with E-state index in [-0.39, 0.29) is 16.8 Å². The van der Waals surface area contributed by atoms with Crippen LogP contribution < -0.4 is 5.73 Å². The summed E-state index contributed by atoms with van der Waals surface area (Å²) in [4.78, 5) is 4.47. The van der Waals surface area contributed by atoms with Crippen molar-refractivity contribution >= 4 is 11.6 Å². The number of aromatic nitrogens is 2. The van der Waals surface area contributed by atoms with E-state index in [1.165, 1.54) is 11.6 Å². The summed E-state index contributed by atoms with van der Waals surface area (Å²) >= 11 is 5.93. The maximum atomic E-state index is 9.49. The standard InChI is InChI=1S/C17H14ClN3O2/c18-13-8-9(4-7-15(13)22)17-20-16(21-23-17)12-3-1-2-11-10(12)5-6-14(11)19/h1-4,7-8,14,22H,5-6,19H2/t14-/m0/s1. The van der Waals surface area contributed by atoms with Crippen molar-refractivity contribution in [2.75, 3.05) is 0 Å². The average molecular weight is 328 g/mol. The molecule has 4 rings (SSSR count). The number of rotatable bonds is 2. The molecule has 0 bridgehead atoms. The number of hydrogen-bond donors (Lipinski definition) is 2. The van der Waals surface area contributed by atoms with Gasteiger partial charge in [0.1, 0.15) is 5.75 Å². The molecule has 23 heavy (non-hydrogen) atoms. The Balaban J connectivity index is 1.76. The van der Waals surface area contributed by atoms with E-state index in [2.05, 4.69) is 16.2 Å². The van der Waals surface area contributed by atoms with Crippen molar-refractivity contribution in [2.45, 2.75) is 18.9 Å². The number of halogens is 1. The lowest BCUT2D eigenvalue weighted by atomic mass is 10.0. The molecule has 0 aliphatic heterocycles. The number of aromatic hydroxyl groups is 1. The van der Waals surface area contributed by atoms with E-state index in [0.29, 0.717) is 17.3 Å². The van der Waals surface area contributed by atoms with Crippen molar-refractivity contribution < 1.29 is 9.63 Å². The molecule has 0 spiro atoms. The van der Waals surface area contributed by atoms with E-state index >= 15 is 0 Å². The molecule has 1 atom stereocenters. The molecule has 2 aromatic carbocycles. The summed E-state index contributed by atoms with van der Waals surface area (Å²) in [6, 6.07) is 10.9. The quantitative estimate of drug-likeness (QED) is 0.749. The van der Waals surface area contributed by atoms with Crippen LogP contribution >= 0.6 is 11.6 Å². The monoisotopic (exact) mass is 327 g/mol. The molecule has 1 aliphatic carbocycles. The molecule has 3 aromatic rings. The van der Waals surface area contributed by atoms with Crippen molar-refractivity contribution in [3.63, 3.8) is 0 Å². The first-order valence-electron chi connectivity index (χ1n) is 7.34. The Morgan fingerprint density at radius 1 is 1.26 bits per heavy atom. The molecule has 3 N–H and O–H groups in total. The summed E-state index contributed by atoms with van der Waals surface area (Å²) in [5, 5.41) is 13.8. The number of nitrogens with zero attached hydrogens (tertiary/aromatic N) is 2. The maximum Gasteiger partial charge on any atom is 0.258 e. The van der Waals surface area contributed by atoms with E-state index in [4.69, 9.17) is 21.9 Å². The Hall–Kier alpha value is -2.37. The molecule has 116 valence electrons. The highest BCUT2D eigenvalue weighted by Gasteiger charge is 2.24. The van der Waals surface area contributed by atoms with Gasteiger partial charge < -0.3 is 15.4 Å². The highest BCUT2D eigenvalue weighted by molar-refractivity contribution is 6.32. The Bertz CT molecular complexity index is 891. The molecule has 1 aliphatic rings. The third-order valence-corrected chi connectivity index (χ3v) is 4.48. The fraction of sp³-hybridized carbons (Fsp3) is 0.176. The summed E-state index contributed by atoms with van der Waals surface area (Å²) in [5.41, 5.74) is 10.1. The second kappa shape index (κ2) is 5.37. The van der Waals surface area contributed by atoms with E-state index in [1.54, 1.807) is 12.1 Å².